The van der Waals surface area contributed by atoms with Crippen LogP contribution in [0.25, 0.3) is 0 Å². The van der Waals surface area contributed by atoms with Gasteiger partial charge >= 0.3 is 5.97 Å². The second kappa shape index (κ2) is 5.35. The molecule has 1 heterocycles. The van der Waals surface area contributed by atoms with Crippen LogP contribution in [-0.2, 0) is 7.05 Å². The fourth-order valence-corrected chi connectivity index (χ4v) is 2.04. The summed E-state index contributed by atoms with van der Waals surface area (Å²) in [5, 5.41) is 15.3. The third kappa shape index (κ3) is 2.76. The molecule has 6 nitrogen and oxygen atoms in total. The van der Waals surface area contributed by atoms with E-state index < -0.39 is 17.7 Å². The number of aryl methyl sites for hydroxylation is 2. The van der Waals surface area contributed by atoms with Gasteiger partial charge in [0.05, 0.1) is 22.5 Å². The molecule has 0 fully saturated rings. The van der Waals surface area contributed by atoms with E-state index in [4.69, 9.17) is 5.11 Å². The van der Waals surface area contributed by atoms with Crippen molar-refractivity contribution in [3.05, 3.63) is 46.5 Å². The number of rotatable bonds is 3. The molecule has 1 aromatic carbocycles. The Morgan fingerprint density at radius 3 is 2.48 bits per heavy atom. The number of carboxylic acid groups (broad SMARTS) is 1. The van der Waals surface area contributed by atoms with Crippen molar-refractivity contribution in [2.75, 3.05) is 5.32 Å². The van der Waals surface area contributed by atoms with Crippen LogP contribution in [0.5, 0.6) is 0 Å². The van der Waals surface area contributed by atoms with Crippen LogP contribution >= 0.6 is 0 Å². The molecular formula is C14H14FN3O3. The summed E-state index contributed by atoms with van der Waals surface area (Å²) in [7, 11) is 1.71. The van der Waals surface area contributed by atoms with Gasteiger partial charge in [-0.3, -0.25) is 9.48 Å². The molecule has 0 saturated carbocycles. The van der Waals surface area contributed by atoms with Gasteiger partial charge in [-0.05, 0) is 32.0 Å². The van der Waals surface area contributed by atoms with Crippen molar-refractivity contribution in [3.63, 3.8) is 0 Å². The molecule has 2 N–H and O–H groups in total. The van der Waals surface area contributed by atoms with Gasteiger partial charge in [-0.1, -0.05) is 0 Å². The number of nitrogens with one attached hydrogen (secondary N) is 1. The molecule has 0 atom stereocenters. The predicted molar refractivity (Wildman–Crippen MR) is 74.0 cm³/mol. The van der Waals surface area contributed by atoms with Crippen LogP contribution in [0, 0.1) is 19.7 Å². The van der Waals surface area contributed by atoms with Crippen molar-refractivity contribution in [2.24, 2.45) is 7.05 Å². The molecule has 1 amide bonds. The number of anilines is 1. The van der Waals surface area contributed by atoms with E-state index in [1.165, 1.54) is 12.1 Å². The van der Waals surface area contributed by atoms with Crippen molar-refractivity contribution in [2.45, 2.75) is 13.8 Å². The molecule has 0 aliphatic rings. The minimum absolute atomic E-state index is 0.0762. The van der Waals surface area contributed by atoms with Gasteiger partial charge in [0.1, 0.15) is 5.82 Å². The van der Waals surface area contributed by atoms with Crippen LogP contribution in [0.1, 0.15) is 32.1 Å². The van der Waals surface area contributed by atoms with Crippen LogP contribution in [-0.4, -0.2) is 26.8 Å². The number of nitrogens with zero attached hydrogens (tertiary/aromatic N) is 2. The summed E-state index contributed by atoms with van der Waals surface area (Å²) >= 11 is 0. The second-order valence-electron chi connectivity index (χ2n) is 4.62. The fraction of sp³-hybridized carbons (Fsp3) is 0.214. The molecule has 1 aromatic heterocycles. The van der Waals surface area contributed by atoms with E-state index in [0.29, 0.717) is 17.0 Å². The van der Waals surface area contributed by atoms with Crippen molar-refractivity contribution in [3.8, 4) is 0 Å². The third-order valence-corrected chi connectivity index (χ3v) is 3.20. The highest BCUT2D eigenvalue weighted by molar-refractivity contribution is 6.06. The van der Waals surface area contributed by atoms with Gasteiger partial charge < -0.3 is 10.4 Å². The van der Waals surface area contributed by atoms with Crippen LogP contribution in [0.3, 0.4) is 0 Å². The van der Waals surface area contributed by atoms with Crippen molar-refractivity contribution < 1.29 is 19.1 Å². The minimum Gasteiger partial charge on any atom is -0.478 e. The Balaban J connectivity index is 2.30. The lowest BCUT2D eigenvalue weighted by molar-refractivity contribution is 0.0696. The van der Waals surface area contributed by atoms with E-state index in [2.05, 4.69) is 10.4 Å². The first kappa shape index (κ1) is 14.7. The number of carboxylic acids is 1. The predicted octanol–water partition coefficient (Wildman–Crippen LogP) is 2.13. The topological polar surface area (TPSA) is 84.2 Å². The third-order valence-electron chi connectivity index (χ3n) is 3.20. The van der Waals surface area contributed by atoms with Crippen LogP contribution in [0.2, 0.25) is 0 Å². The number of carbonyl (C=O) groups excluding carboxylic acids is 1. The highest BCUT2D eigenvalue weighted by Crippen LogP contribution is 2.19. The molecular weight excluding hydrogens is 277 g/mol. The Morgan fingerprint density at radius 1 is 1.33 bits per heavy atom. The summed E-state index contributed by atoms with van der Waals surface area (Å²) in [4.78, 5) is 22.9. The zero-order valence-corrected chi connectivity index (χ0v) is 11.8. The zero-order chi connectivity index (χ0) is 15.7. The van der Waals surface area contributed by atoms with E-state index in [1.807, 2.05) is 0 Å². The molecule has 0 aliphatic heterocycles. The molecule has 2 rings (SSSR count). The monoisotopic (exact) mass is 291 g/mol. The van der Waals surface area contributed by atoms with E-state index >= 15 is 0 Å². The number of amides is 1. The largest absolute Gasteiger partial charge is 0.478 e. The Kier molecular flexibility index (Phi) is 3.75. The first-order valence-electron chi connectivity index (χ1n) is 6.15. The van der Waals surface area contributed by atoms with Gasteiger partial charge in [-0.2, -0.15) is 5.10 Å². The van der Waals surface area contributed by atoms with Crippen LogP contribution in [0.4, 0.5) is 10.1 Å². The second-order valence-corrected chi connectivity index (χ2v) is 4.62. The molecule has 7 heteroatoms. The van der Waals surface area contributed by atoms with Gasteiger partial charge in [0.2, 0.25) is 0 Å². The Morgan fingerprint density at radius 2 is 2.00 bits per heavy atom. The number of halogens is 1. The quantitative estimate of drug-likeness (QED) is 0.907. The van der Waals surface area contributed by atoms with E-state index in [9.17, 15) is 14.0 Å². The molecule has 2 aromatic rings. The fourth-order valence-electron chi connectivity index (χ4n) is 2.04. The lowest BCUT2D eigenvalue weighted by atomic mass is 10.1. The lowest BCUT2D eigenvalue weighted by Crippen LogP contribution is -2.15. The number of aromatic carboxylic acids is 1. The lowest BCUT2D eigenvalue weighted by Gasteiger charge is -2.07. The van der Waals surface area contributed by atoms with Gasteiger partial charge in [-0.15, -0.1) is 0 Å². The normalized spacial score (nSPS) is 10.5. The zero-order valence-electron chi connectivity index (χ0n) is 11.8. The average molecular weight is 291 g/mol. The summed E-state index contributed by atoms with van der Waals surface area (Å²) in [6.07, 6.45) is 0. The number of hydrogen-bond donors (Lipinski definition) is 2. The summed E-state index contributed by atoms with van der Waals surface area (Å²) < 4.78 is 15.4. The first-order chi connectivity index (χ1) is 9.81. The van der Waals surface area contributed by atoms with Gasteiger partial charge in [0.15, 0.2) is 0 Å². The minimum atomic E-state index is -1.23. The molecule has 0 spiro atoms. The molecule has 0 bridgehead atoms. The molecule has 0 aliphatic carbocycles. The Labute approximate surface area is 120 Å². The van der Waals surface area contributed by atoms with Gasteiger partial charge in [-0.25, -0.2) is 9.18 Å². The number of carbonyl (C=O) groups is 2. The van der Waals surface area contributed by atoms with Crippen molar-refractivity contribution in [1.82, 2.24) is 9.78 Å². The molecule has 0 saturated heterocycles. The van der Waals surface area contributed by atoms with Gasteiger partial charge in [0, 0.05) is 12.7 Å². The summed E-state index contributed by atoms with van der Waals surface area (Å²) in [5.41, 5.74) is 1.31. The molecule has 0 unspecified atom stereocenters. The Bertz CT molecular complexity index is 737. The van der Waals surface area contributed by atoms with Crippen LogP contribution in [0.15, 0.2) is 18.2 Å². The maximum Gasteiger partial charge on any atom is 0.335 e. The summed E-state index contributed by atoms with van der Waals surface area (Å²) in [6, 6.07) is 3.31. The average Bonchev–Trinajstić information content (AvgIpc) is 2.65. The maximum atomic E-state index is 13.8. The SMILES string of the molecule is Cc1nn(C)c(C)c1C(=O)Nc1ccc(C(=O)O)cc1F. The van der Waals surface area contributed by atoms with Crippen molar-refractivity contribution >= 4 is 17.6 Å². The first-order valence-corrected chi connectivity index (χ1v) is 6.15. The maximum absolute atomic E-state index is 13.8. The number of aromatic nitrogens is 2. The van der Waals surface area contributed by atoms with Crippen molar-refractivity contribution in [1.29, 1.82) is 0 Å². The molecule has 110 valence electrons. The summed E-state index contributed by atoms with van der Waals surface area (Å²) in [5.74, 6) is -2.52. The van der Waals surface area contributed by atoms with E-state index in [-0.39, 0.29) is 11.3 Å². The van der Waals surface area contributed by atoms with E-state index in [0.717, 1.165) is 6.07 Å². The van der Waals surface area contributed by atoms with Gasteiger partial charge in [0.25, 0.3) is 5.91 Å². The summed E-state index contributed by atoms with van der Waals surface area (Å²) in [6.45, 7) is 3.42. The molecule has 21 heavy (non-hydrogen) atoms. The number of hydrogen-bond acceptors (Lipinski definition) is 3. The Hall–Kier alpha value is -2.70. The number of benzene rings is 1. The smallest absolute Gasteiger partial charge is 0.335 e. The van der Waals surface area contributed by atoms with E-state index in [1.54, 1.807) is 25.6 Å². The highest BCUT2D eigenvalue weighted by Gasteiger charge is 2.19. The highest BCUT2D eigenvalue weighted by atomic mass is 19.1. The standard InChI is InChI=1S/C14H14FN3O3/c1-7-12(8(2)18(3)17-7)13(19)16-11-5-4-9(14(20)21)6-10(11)15/h4-6H,1-3H3,(H,16,19)(H,20,21). The molecule has 0 radical (unpaired) electrons. The van der Waals surface area contributed by atoms with Crippen LogP contribution < -0.4 is 5.32 Å².